The summed E-state index contributed by atoms with van der Waals surface area (Å²) < 4.78 is 1.88. The number of hydrogen-bond donors (Lipinski definition) is 1. The van der Waals surface area contributed by atoms with Crippen molar-refractivity contribution in [3.63, 3.8) is 0 Å². The van der Waals surface area contributed by atoms with Crippen LogP contribution in [0.5, 0.6) is 0 Å². The first-order chi connectivity index (χ1) is 15.4. The van der Waals surface area contributed by atoms with Crippen molar-refractivity contribution >= 4 is 17.9 Å². The Bertz CT molecular complexity index is 1200. The number of rotatable bonds is 4. The topological polar surface area (TPSA) is 91.3 Å². The molecule has 3 heterocycles. The largest absolute Gasteiger partial charge is 0.336 e. The lowest BCUT2D eigenvalue weighted by atomic mass is 10.1. The van der Waals surface area contributed by atoms with Gasteiger partial charge < -0.3 is 14.8 Å². The van der Waals surface area contributed by atoms with Gasteiger partial charge in [-0.15, -0.1) is 0 Å². The van der Waals surface area contributed by atoms with E-state index in [1.807, 2.05) is 54.9 Å². The molecular formula is C24H25N5O3. The second-order valence-corrected chi connectivity index (χ2v) is 7.72. The molecule has 0 saturated carbocycles. The van der Waals surface area contributed by atoms with Crippen LogP contribution in [0.4, 0.5) is 0 Å². The summed E-state index contributed by atoms with van der Waals surface area (Å²) in [7, 11) is 0. The fourth-order valence-corrected chi connectivity index (χ4v) is 3.83. The second kappa shape index (κ2) is 9.05. The summed E-state index contributed by atoms with van der Waals surface area (Å²) in [5.41, 5.74) is 3.91. The molecule has 1 aromatic carbocycles. The lowest BCUT2D eigenvalue weighted by Gasteiger charge is -2.34. The van der Waals surface area contributed by atoms with E-state index < -0.39 is 0 Å². The van der Waals surface area contributed by atoms with Gasteiger partial charge in [0, 0.05) is 55.8 Å². The lowest BCUT2D eigenvalue weighted by Crippen LogP contribution is -2.50. The summed E-state index contributed by atoms with van der Waals surface area (Å²) in [6.45, 7) is 5.72. The van der Waals surface area contributed by atoms with E-state index in [9.17, 15) is 14.4 Å². The van der Waals surface area contributed by atoms with Crippen LogP contribution in [0.25, 0.3) is 11.8 Å². The van der Waals surface area contributed by atoms with Gasteiger partial charge in [-0.05, 0) is 38.1 Å². The van der Waals surface area contributed by atoms with Crippen molar-refractivity contribution in [1.82, 2.24) is 24.6 Å². The molecule has 0 bridgehead atoms. The summed E-state index contributed by atoms with van der Waals surface area (Å²) >= 11 is 0. The third-order valence-corrected chi connectivity index (χ3v) is 5.65. The standard InChI is InChI=1S/C24H25N5O3/c1-17-21(18(2)29(26-17)20-6-4-3-5-7-20)9-11-23(31)27-12-14-28(15-13-27)24(32)19-8-10-22(30)25-16-19/h3-11,16H,12-15H2,1-2H3,(H,25,30)/b11-9+. The Labute approximate surface area is 185 Å². The molecule has 8 heteroatoms. The van der Waals surface area contributed by atoms with Crippen LogP contribution in [-0.2, 0) is 4.79 Å². The van der Waals surface area contributed by atoms with Crippen LogP contribution < -0.4 is 5.56 Å². The van der Waals surface area contributed by atoms with Crippen molar-refractivity contribution in [2.75, 3.05) is 26.2 Å². The smallest absolute Gasteiger partial charge is 0.255 e. The molecule has 0 radical (unpaired) electrons. The quantitative estimate of drug-likeness (QED) is 0.641. The predicted octanol–water partition coefficient (Wildman–Crippen LogP) is 2.18. The molecule has 32 heavy (non-hydrogen) atoms. The van der Waals surface area contributed by atoms with Crippen molar-refractivity contribution in [1.29, 1.82) is 0 Å². The molecule has 1 saturated heterocycles. The maximum atomic E-state index is 12.7. The van der Waals surface area contributed by atoms with Gasteiger partial charge in [-0.2, -0.15) is 5.10 Å². The Balaban J connectivity index is 1.39. The highest BCUT2D eigenvalue weighted by Crippen LogP contribution is 2.19. The number of nitrogens with one attached hydrogen (secondary N) is 1. The molecule has 0 unspecified atom stereocenters. The molecule has 1 fully saturated rings. The van der Waals surface area contributed by atoms with Crippen LogP contribution in [0, 0.1) is 13.8 Å². The van der Waals surface area contributed by atoms with Gasteiger partial charge in [0.1, 0.15) is 0 Å². The highest BCUT2D eigenvalue weighted by Gasteiger charge is 2.24. The number of aromatic nitrogens is 3. The van der Waals surface area contributed by atoms with Gasteiger partial charge in [-0.1, -0.05) is 18.2 Å². The summed E-state index contributed by atoms with van der Waals surface area (Å²) in [4.78, 5) is 42.4. The summed E-state index contributed by atoms with van der Waals surface area (Å²) in [6, 6.07) is 12.7. The van der Waals surface area contributed by atoms with Crippen LogP contribution >= 0.6 is 0 Å². The van der Waals surface area contributed by atoms with Crippen LogP contribution in [0.15, 0.2) is 59.5 Å². The van der Waals surface area contributed by atoms with Gasteiger partial charge in [-0.3, -0.25) is 14.4 Å². The van der Waals surface area contributed by atoms with Crippen molar-refractivity contribution in [2.45, 2.75) is 13.8 Å². The lowest BCUT2D eigenvalue weighted by molar-refractivity contribution is -0.127. The van der Waals surface area contributed by atoms with E-state index in [0.717, 1.165) is 22.6 Å². The molecule has 2 amide bonds. The van der Waals surface area contributed by atoms with E-state index in [1.54, 1.807) is 15.9 Å². The van der Waals surface area contributed by atoms with Crippen LogP contribution in [0.3, 0.4) is 0 Å². The number of amides is 2. The van der Waals surface area contributed by atoms with Gasteiger partial charge in [-0.25, -0.2) is 4.68 Å². The Morgan fingerprint density at radius 2 is 1.66 bits per heavy atom. The zero-order valence-corrected chi connectivity index (χ0v) is 18.1. The predicted molar refractivity (Wildman–Crippen MR) is 122 cm³/mol. The number of benzene rings is 1. The van der Waals surface area contributed by atoms with Gasteiger partial charge in [0.2, 0.25) is 11.5 Å². The molecule has 1 aliphatic heterocycles. The first-order valence-corrected chi connectivity index (χ1v) is 10.5. The van der Waals surface area contributed by atoms with Crippen LogP contribution in [0.1, 0.15) is 27.3 Å². The minimum Gasteiger partial charge on any atom is -0.336 e. The van der Waals surface area contributed by atoms with Crippen LogP contribution in [-0.4, -0.2) is 62.6 Å². The average Bonchev–Trinajstić information content (AvgIpc) is 3.11. The Morgan fingerprint density at radius 3 is 2.31 bits per heavy atom. The normalized spacial score (nSPS) is 14.2. The minimum absolute atomic E-state index is 0.0904. The highest BCUT2D eigenvalue weighted by atomic mass is 16.2. The summed E-state index contributed by atoms with van der Waals surface area (Å²) in [6.07, 6.45) is 4.81. The first-order valence-electron chi connectivity index (χ1n) is 10.5. The fraction of sp³-hybridized carbons (Fsp3) is 0.250. The van der Waals surface area contributed by atoms with E-state index in [-0.39, 0.29) is 17.4 Å². The highest BCUT2D eigenvalue weighted by molar-refractivity contribution is 5.95. The monoisotopic (exact) mass is 431 g/mol. The van der Waals surface area contributed by atoms with Gasteiger partial charge in [0.25, 0.3) is 5.91 Å². The molecule has 3 aromatic rings. The second-order valence-electron chi connectivity index (χ2n) is 7.72. The number of piperazine rings is 1. The first kappa shape index (κ1) is 21.3. The Hall–Kier alpha value is -3.94. The molecule has 0 spiro atoms. The maximum absolute atomic E-state index is 12.7. The zero-order chi connectivity index (χ0) is 22.7. The summed E-state index contributed by atoms with van der Waals surface area (Å²) in [5, 5.41) is 4.61. The number of H-pyrrole nitrogens is 1. The minimum atomic E-state index is -0.247. The maximum Gasteiger partial charge on any atom is 0.255 e. The van der Waals surface area contributed by atoms with Crippen molar-refractivity contribution in [3.8, 4) is 5.69 Å². The molecule has 1 N–H and O–H groups in total. The van der Waals surface area contributed by atoms with Crippen molar-refractivity contribution in [2.24, 2.45) is 0 Å². The third-order valence-electron chi connectivity index (χ3n) is 5.65. The molecule has 164 valence electrons. The van der Waals surface area contributed by atoms with Gasteiger partial charge >= 0.3 is 0 Å². The number of pyridine rings is 1. The van der Waals surface area contributed by atoms with Gasteiger partial charge in [0.15, 0.2) is 0 Å². The van der Waals surface area contributed by atoms with Crippen molar-refractivity contribution in [3.05, 3.63) is 87.6 Å². The zero-order valence-electron chi connectivity index (χ0n) is 18.1. The number of aromatic amines is 1. The number of para-hydroxylation sites is 1. The number of carbonyl (C=O) groups is 2. The average molecular weight is 431 g/mol. The summed E-state index contributed by atoms with van der Waals surface area (Å²) in [5.74, 6) is -0.240. The molecule has 2 aromatic heterocycles. The molecule has 1 aliphatic rings. The Morgan fingerprint density at radius 1 is 0.969 bits per heavy atom. The van der Waals surface area contributed by atoms with Gasteiger partial charge in [0.05, 0.1) is 16.9 Å². The van der Waals surface area contributed by atoms with E-state index >= 15 is 0 Å². The SMILES string of the molecule is Cc1nn(-c2ccccc2)c(C)c1/C=C/C(=O)N1CCN(C(=O)c2ccc(=O)[nH]c2)CC1. The van der Waals surface area contributed by atoms with E-state index in [0.29, 0.717) is 31.7 Å². The van der Waals surface area contributed by atoms with Crippen molar-refractivity contribution < 1.29 is 9.59 Å². The van der Waals surface area contributed by atoms with E-state index in [4.69, 9.17) is 0 Å². The number of aryl methyl sites for hydroxylation is 1. The molecular weight excluding hydrogens is 406 g/mol. The number of carbonyl (C=O) groups excluding carboxylic acids is 2. The molecule has 0 aliphatic carbocycles. The Kier molecular flexibility index (Phi) is 6.02. The van der Waals surface area contributed by atoms with E-state index in [2.05, 4.69) is 10.1 Å². The number of hydrogen-bond acceptors (Lipinski definition) is 4. The molecule has 0 atom stereocenters. The fourth-order valence-electron chi connectivity index (χ4n) is 3.83. The number of nitrogens with zero attached hydrogens (tertiary/aromatic N) is 4. The third kappa shape index (κ3) is 4.39. The van der Waals surface area contributed by atoms with Crippen LogP contribution in [0.2, 0.25) is 0 Å². The molecule has 4 rings (SSSR count). The molecule has 8 nitrogen and oxygen atoms in total. The van der Waals surface area contributed by atoms with E-state index in [1.165, 1.54) is 18.3 Å².